The van der Waals surface area contributed by atoms with Crippen LogP contribution in [0.25, 0.3) is 16.8 Å². The Bertz CT molecular complexity index is 1070. The first-order valence-corrected chi connectivity index (χ1v) is 10.6. The zero-order valence-corrected chi connectivity index (χ0v) is 16.9. The van der Waals surface area contributed by atoms with E-state index in [0.717, 1.165) is 48.3 Å². The molecule has 150 valence electrons. The fourth-order valence-electron chi connectivity index (χ4n) is 3.76. The quantitative estimate of drug-likeness (QED) is 0.714. The van der Waals surface area contributed by atoms with E-state index in [1.807, 2.05) is 42.1 Å². The van der Waals surface area contributed by atoms with Crippen molar-refractivity contribution in [3.63, 3.8) is 0 Å². The third-order valence-corrected chi connectivity index (χ3v) is 6.27. The van der Waals surface area contributed by atoms with E-state index in [1.54, 1.807) is 10.7 Å². The number of thiophene rings is 1. The third-order valence-electron chi connectivity index (χ3n) is 5.34. The smallest absolute Gasteiger partial charge is 0.261 e. The number of nitrogens with zero attached hydrogens (tertiary/aromatic N) is 5. The van der Waals surface area contributed by atoms with Crippen LogP contribution in [0.1, 0.15) is 34.0 Å². The lowest BCUT2D eigenvalue weighted by Crippen LogP contribution is -2.40. The van der Waals surface area contributed by atoms with Gasteiger partial charge in [-0.3, -0.25) is 9.80 Å². The zero-order valence-electron chi connectivity index (χ0n) is 16.1. The topological polar surface area (TPSA) is 84.1 Å². The average Bonchev–Trinajstić information content (AvgIpc) is 3.47. The molecule has 5 rings (SSSR count). The van der Waals surface area contributed by atoms with Crippen molar-refractivity contribution in [1.82, 2.24) is 24.9 Å². The lowest BCUT2D eigenvalue weighted by molar-refractivity contribution is 0.0626. The van der Waals surface area contributed by atoms with Crippen molar-refractivity contribution in [2.45, 2.75) is 24.8 Å². The second-order valence-electron chi connectivity index (χ2n) is 7.51. The Labute approximate surface area is 172 Å². The Morgan fingerprint density at radius 2 is 2.31 bits per heavy atom. The van der Waals surface area contributed by atoms with E-state index in [2.05, 4.69) is 20.5 Å². The number of ether oxygens (including phenoxy) is 1. The highest BCUT2D eigenvalue weighted by Crippen LogP contribution is 2.29. The van der Waals surface area contributed by atoms with Crippen molar-refractivity contribution in [2.24, 2.45) is 5.10 Å². The highest BCUT2D eigenvalue weighted by molar-refractivity contribution is 7.12. The Hall–Kier alpha value is -2.78. The summed E-state index contributed by atoms with van der Waals surface area (Å²) in [4.78, 5) is 17.9. The largest absolute Gasteiger partial charge is 0.379 e. The minimum absolute atomic E-state index is 0.0480. The average molecular weight is 411 g/mol. The first-order valence-electron chi connectivity index (χ1n) is 9.73. The number of likely N-dealkylation sites (N-methyl/N-ethyl adjacent to an activating group) is 1. The standard InChI is InChI=1S/C20H22N6O2S/c1-25-9-15(7-22-25)14-6-21-19-17(8-23-26(19)10-14)13-5-18(29-12-13)20(27)24-16-3-2-4-28-11-16/h5-8,10,12,15-16H,2-4,9,11H2,1H3,(H,24,27). The maximum Gasteiger partial charge on any atom is 0.261 e. The van der Waals surface area contributed by atoms with E-state index < -0.39 is 0 Å². The summed E-state index contributed by atoms with van der Waals surface area (Å²) >= 11 is 1.44. The van der Waals surface area contributed by atoms with Gasteiger partial charge in [0.1, 0.15) is 0 Å². The molecule has 1 saturated heterocycles. The summed E-state index contributed by atoms with van der Waals surface area (Å²) in [6.07, 6.45) is 9.59. The molecule has 0 spiro atoms. The molecule has 0 aliphatic carbocycles. The summed E-state index contributed by atoms with van der Waals surface area (Å²) in [5, 5.41) is 15.7. The number of rotatable bonds is 4. The molecule has 2 unspecified atom stereocenters. The van der Waals surface area contributed by atoms with Gasteiger partial charge in [0.15, 0.2) is 5.65 Å². The Morgan fingerprint density at radius 3 is 3.10 bits per heavy atom. The molecule has 9 heteroatoms. The molecule has 2 aliphatic heterocycles. The van der Waals surface area contributed by atoms with Gasteiger partial charge in [-0.05, 0) is 35.4 Å². The molecule has 3 aromatic heterocycles. The van der Waals surface area contributed by atoms with Crippen molar-refractivity contribution in [1.29, 1.82) is 0 Å². The van der Waals surface area contributed by atoms with Crippen LogP contribution in [0.3, 0.4) is 0 Å². The van der Waals surface area contributed by atoms with Gasteiger partial charge in [0.25, 0.3) is 5.91 Å². The molecular weight excluding hydrogens is 388 g/mol. The molecular formula is C20H22N6O2S. The van der Waals surface area contributed by atoms with Gasteiger partial charge in [-0.1, -0.05) is 0 Å². The Balaban J connectivity index is 1.36. The van der Waals surface area contributed by atoms with Crippen LogP contribution >= 0.6 is 11.3 Å². The molecule has 5 heterocycles. The molecule has 0 saturated carbocycles. The van der Waals surface area contributed by atoms with Crippen molar-refractivity contribution >= 4 is 29.1 Å². The summed E-state index contributed by atoms with van der Waals surface area (Å²) in [6, 6.07) is 2.01. The number of carbonyl (C=O) groups is 1. The first kappa shape index (κ1) is 18.3. The SMILES string of the molecule is CN1CC(c2cnc3c(-c4csc(C(=O)NC5CCCOC5)c4)cnn3c2)C=N1. The molecule has 29 heavy (non-hydrogen) atoms. The fraction of sp³-hybridized carbons (Fsp3) is 0.400. The maximum absolute atomic E-state index is 12.6. The number of amides is 1. The minimum Gasteiger partial charge on any atom is -0.379 e. The van der Waals surface area contributed by atoms with Crippen LogP contribution in [0.4, 0.5) is 0 Å². The summed E-state index contributed by atoms with van der Waals surface area (Å²) in [5.41, 5.74) is 3.74. The van der Waals surface area contributed by atoms with Gasteiger partial charge < -0.3 is 10.1 Å². The molecule has 1 fully saturated rings. The predicted octanol–water partition coefficient (Wildman–Crippen LogP) is 2.38. The van der Waals surface area contributed by atoms with E-state index in [0.29, 0.717) is 11.5 Å². The van der Waals surface area contributed by atoms with Gasteiger partial charge in [0.05, 0.1) is 23.7 Å². The normalized spacial score (nSPS) is 21.8. The van der Waals surface area contributed by atoms with Gasteiger partial charge in [-0.2, -0.15) is 10.2 Å². The maximum atomic E-state index is 12.6. The molecule has 8 nitrogen and oxygen atoms in total. The van der Waals surface area contributed by atoms with Crippen molar-refractivity contribution in [2.75, 3.05) is 26.8 Å². The van der Waals surface area contributed by atoms with Gasteiger partial charge in [0, 0.05) is 50.3 Å². The van der Waals surface area contributed by atoms with Crippen LogP contribution < -0.4 is 5.32 Å². The molecule has 0 bridgehead atoms. The van der Waals surface area contributed by atoms with Crippen LogP contribution in [-0.2, 0) is 4.74 Å². The van der Waals surface area contributed by atoms with E-state index >= 15 is 0 Å². The lowest BCUT2D eigenvalue weighted by atomic mass is 10.1. The molecule has 0 radical (unpaired) electrons. The number of hydrogen-bond donors (Lipinski definition) is 1. The van der Waals surface area contributed by atoms with E-state index in [-0.39, 0.29) is 17.9 Å². The van der Waals surface area contributed by atoms with Crippen LogP contribution in [-0.4, -0.2) is 64.6 Å². The fourth-order valence-corrected chi connectivity index (χ4v) is 4.57. The molecule has 2 aliphatic rings. The number of nitrogens with one attached hydrogen (secondary N) is 1. The number of hydrogen-bond acceptors (Lipinski definition) is 7. The summed E-state index contributed by atoms with van der Waals surface area (Å²) in [6.45, 7) is 2.21. The van der Waals surface area contributed by atoms with Gasteiger partial charge >= 0.3 is 0 Å². The van der Waals surface area contributed by atoms with Crippen LogP contribution in [0, 0.1) is 0 Å². The Morgan fingerprint density at radius 1 is 1.38 bits per heavy atom. The molecule has 1 N–H and O–H groups in total. The van der Waals surface area contributed by atoms with Gasteiger partial charge in [0.2, 0.25) is 0 Å². The first-order chi connectivity index (χ1) is 14.2. The summed E-state index contributed by atoms with van der Waals surface area (Å²) in [7, 11) is 1.96. The molecule has 0 aromatic carbocycles. The number of fused-ring (bicyclic) bond motifs is 1. The second kappa shape index (κ2) is 7.57. The van der Waals surface area contributed by atoms with Crippen LogP contribution in [0.15, 0.2) is 35.1 Å². The van der Waals surface area contributed by atoms with Crippen LogP contribution in [0.2, 0.25) is 0 Å². The van der Waals surface area contributed by atoms with Crippen molar-refractivity contribution < 1.29 is 9.53 Å². The zero-order chi connectivity index (χ0) is 19.8. The van der Waals surface area contributed by atoms with Crippen molar-refractivity contribution in [3.05, 3.63) is 40.5 Å². The lowest BCUT2D eigenvalue weighted by Gasteiger charge is -2.22. The van der Waals surface area contributed by atoms with E-state index in [9.17, 15) is 4.79 Å². The second-order valence-corrected chi connectivity index (χ2v) is 8.42. The Kier molecular flexibility index (Phi) is 4.76. The number of hydrazone groups is 1. The predicted molar refractivity (Wildman–Crippen MR) is 111 cm³/mol. The van der Waals surface area contributed by atoms with Crippen LogP contribution in [0.5, 0.6) is 0 Å². The highest BCUT2D eigenvalue weighted by atomic mass is 32.1. The van der Waals surface area contributed by atoms with Crippen molar-refractivity contribution in [3.8, 4) is 11.1 Å². The third kappa shape index (κ3) is 3.63. The summed E-state index contributed by atoms with van der Waals surface area (Å²) < 4.78 is 7.24. The van der Waals surface area contributed by atoms with Gasteiger partial charge in [-0.15, -0.1) is 11.3 Å². The number of carbonyl (C=O) groups excluding carboxylic acids is 1. The van der Waals surface area contributed by atoms with E-state index in [1.165, 1.54) is 11.3 Å². The highest BCUT2D eigenvalue weighted by Gasteiger charge is 2.21. The van der Waals surface area contributed by atoms with E-state index in [4.69, 9.17) is 4.74 Å². The molecule has 3 aromatic rings. The molecule has 2 atom stereocenters. The summed E-state index contributed by atoms with van der Waals surface area (Å²) in [5.74, 6) is 0.179. The monoisotopic (exact) mass is 410 g/mol. The van der Waals surface area contributed by atoms with Gasteiger partial charge in [-0.25, -0.2) is 9.50 Å². The molecule has 1 amide bonds. The minimum atomic E-state index is -0.0480. The number of aromatic nitrogens is 3.